The van der Waals surface area contributed by atoms with Gasteiger partial charge in [-0.1, -0.05) is 0 Å². The standard InChI is InChI=1S/C14H18N2O6S/c1-10(17)22-15-12-4-6-13(7-5-12)23(20,21)16-8-2-3-11(9-16)14(18)19/h4-7,11,15H,2-3,8-9H2,1H3,(H,18,19). The van der Waals surface area contributed by atoms with Gasteiger partial charge in [-0.3, -0.25) is 9.59 Å². The van der Waals surface area contributed by atoms with Gasteiger partial charge in [0.25, 0.3) is 0 Å². The summed E-state index contributed by atoms with van der Waals surface area (Å²) in [5.41, 5.74) is 2.82. The number of sulfonamides is 1. The number of carboxylic acid groups (broad SMARTS) is 1. The number of carbonyl (C=O) groups excluding carboxylic acids is 1. The number of nitrogens with one attached hydrogen (secondary N) is 1. The first-order chi connectivity index (χ1) is 10.8. The second-order valence-electron chi connectivity index (χ2n) is 5.26. The zero-order valence-electron chi connectivity index (χ0n) is 12.6. The fourth-order valence-corrected chi connectivity index (χ4v) is 3.86. The van der Waals surface area contributed by atoms with E-state index in [9.17, 15) is 18.0 Å². The van der Waals surface area contributed by atoms with Crippen LogP contribution in [0.2, 0.25) is 0 Å². The maximum atomic E-state index is 12.6. The molecule has 2 N–H and O–H groups in total. The van der Waals surface area contributed by atoms with Crippen molar-refractivity contribution in [2.45, 2.75) is 24.7 Å². The quantitative estimate of drug-likeness (QED) is 0.769. The lowest BCUT2D eigenvalue weighted by Crippen LogP contribution is -2.42. The van der Waals surface area contributed by atoms with Crippen molar-refractivity contribution in [3.05, 3.63) is 24.3 Å². The molecular formula is C14H18N2O6S. The average Bonchev–Trinajstić information content (AvgIpc) is 2.53. The molecule has 1 aliphatic heterocycles. The summed E-state index contributed by atoms with van der Waals surface area (Å²) >= 11 is 0. The van der Waals surface area contributed by atoms with Crippen LogP contribution in [0.5, 0.6) is 0 Å². The summed E-state index contributed by atoms with van der Waals surface area (Å²) in [5, 5.41) is 9.06. The van der Waals surface area contributed by atoms with E-state index in [-0.39, 0.29) is 11.4 Å². The predicted octanol–water partition coefficient (Wildman–Crippen LogP) is 1.06. The second-order valence-corrected chi connectivity index (χ2v) is 7.20. The minimum atomic E-state index is -3.74. The van der Waals surface area contributed by atoms with Crippen LogP contribution in [0.3, 0.4) is 0 Å². The first kappa shape index (κ1) is 17.2. The van der Waals surface area contributed by atoms with E-state index >= 15 is 0 Å². The summed E-state index contributed by atoms with van der Waals surface area (Å²) in [7, 11) is -3.74. The van der Waals surface area contributed by atoms with Gasteiger partial charge in [-0.2, -0.15) is 4.31 Å². The van der Waals surface area contributed by atoms with Gasteiger partial charge in [0, 0.05) is 20.0 Å². The van der Waals surface area contributed by atoms with Crippen molar-refractivity contribution < 1.29 is 28.0 Å². The van der Waals surface area contributed by atoms with Crippen LogP contribution in [0.15, 0.2) is 29.2 Å². The third-order valence-electron chi connectivity index (χ3n) is 3.54. The molecule has 9 heteroatoms. The summed E-state index contributed by atoms with van der Waals surface area (Å²) in [6.07, 6.45) is 0.995. The highest BCUT2D eigenvalue weighted by molar-refractivity contribution is 7.89. The largest absolute Gasteiger partial charge is 0.481 e. The van der Waals surface area contributed by atoms with Crippen molar-refractivity contribution in [3.63, 3.8) is 0 Å². The summed E-state index contributed by atoms with van der Waals surface area (Å²) in [6.45, 7) is 1.52. The Morgan fingerprint density at radius 1 is 1.30 bits per heavy atom. The normalized spacial score (nSPS) is 19.1. The number of anilines is 1. The van der Waals surface area contributed by atoms with Gasteiger partial charge in [0.2, 0.25) is 10.0 Å². The van der Waals surface area contributed by atoms with Crippen LogP contribution in [0, 0.1) is 5.92 Å². The van der Waals surface area contributed by atoms with Gasteiger partial charge >= 0.3 is 11.9 Å². The van der Waals surface area contributed by atoms with E-state index in [0.29, 0.717) is 25.1 Å². The molecule has 1 aromatic carbocycles. The second kappa shape index (κ2) is 6.97. The van der Waals surface area contributed by atoms with Gasteiger partial charge in [-0.25, -0.2) is 13.9 Å². The summed E-state index contributed by atoms with van der Waals surface area (Å²) in [5.74, 6) is -2.18. The molecule has 0 radical (unpaired) electrons. The molecule has 0 bridgehead atoms. The highest BCUT2D eigenvalue weighted by Crippen LogP contribution is 2.24. The van der Waals surface area contributed by atoms with Crippen molar-refractivity contribution in [1.29, 1.82) is 0 Å². The van der Waals surface area contributed by atoms with Crippen LogP contribution >= 0.6 is 0 Å². The fraction of sp³-hybridized carbons (Fsp3) is 0.429. The Morgan fingerprint density at radius 2 is 1.96 bits per heavy atom. The minimum absolute atomic E-state index is 0.0227. The van der Waals surface area contributed by atoms with Gasteiger partial charge in [-0.05, 0) is 37.1 Å². The molecule has 1 unspecified atom stereocenters. The third-order valence-corrected chi connectivity index (χ3v) is 5.42. The van der Waals surface area contributed by atoms with Crippen LogP contribution < -0.4 is 5.48 Å². The molecule has 0 saturated carbocycles. The van der Waals surface area contributed by atoms with Gasteiger partial charge in [0.15, 0.2) is 0 Å². The van der Waals surface area contributed by atoms with E-state index in [1.54, 1.807) is 0 Å². The van der Waals surface area contributed by atoms with Crippen molar-refractivity contribution in [3.8, 4) is 0 Å². The van der Waals surface area contributed by atoms with Crippen LogP contribution in [0.25, 0.3) is 0 Å². The first-order valence-corrected chi connectivity index (χ1v) is 8.51. The molecule has 126 valence electrons. The molecule has 2 rings (SSSR count). The summed E-state index contributed by atoms with van der Waals surface area (Å²) < 4.78 is 26.3. The lowest BCUT2D eigenvalue weighted by atomic mass is 10.0. The molecule has 1 heterocycles. The Kier molecular flexibility index (Phi) is 5.22. The zero-order valence-corrected chi connectivity index (χ0v) is 13.4. The number of benzene rings is 1. The average molecular weight is 342 g/mol. The van der Waals surface area contributed by atoms with E-state index < -0.39 is 27.9 Å². The van der Waals surface area contributed by atoms with Crippen molar-refractivity contribution >= 4 is 27.6 Å². The SMILES string of the molecule is CC(=O)ONc1ccc(S(=O)(=O)N2CCCC(C(=O)O)C2)cc1. The molecule has 0 amide bonds. The number of carboxylic acids is 1. The monoisotopic (exact) mass is 342 g/mol. The van der Waals surface area contributed by atoms with E-state index in [2.05, 4.69) is 10.3 Å². The maximum Gasteiger partial charge on any atom is 0.329 e. The van der Waals surface area contributed by atoms with E-state index in [0.717, 1.165) is 0 Å². The molecule has 23 heavy (non-hydrogen) atoms. The Hall–Kier alpha value is -2.13. The zero-order chi connectivity index (χ0) is 17.0. The molecule has 0 spiro atoms. The summed E-state index contributed by atoms with van der Waals surface area (Å²) in [6, 6.07) is 5.69. The molecule has 0 aliphatic carbocycles. The number of carbonyl (C=O) groups is 2. The Morgan fingerprint density at radius 3 is 2.52 bits per heavy atom. The Labute approximate surface area is 134 Å². The number of aliphatic carboxylic acids is 1. The lowest BCUT2D eigenvalue weighted by molar-refractivity contribution is -0.143. The van der Waals surface area contributed by atoms with E-state index in [1.807, 2.05) is 0 Å². The van der Waals surface area contributed by atoms with Gasteiger partial charge in [-0.15, -0.1) is 0 Å². The van der Waals surface area contributed by atoms with Crippen LogP contribution in [0.4, 0.5) is 5.69 Å². The van der Waals surface area contributed by atoms with E-state index in [4.69, 9.17) is 5.11 Å². The van der Waals surface area contributed by atoms with Gasteiger partial charge < -0.3 is 9.94 Å². The molecule has 1 aromatic rings. The van der Waals surface area contributed by atoms with Gasteiger partial charge in [0.1, 0.15) is 0 Å². The number of hydrogen-bond acceptors (Lipinski definition) is 6. The smallest absolute Gasteiger partial charge is 0.329 e. The molecule has 1 atom stereocenters. The van der Waals surface area contributed by atoms with Gasteiger partial charge in [0.05, 0.1) is 16.5 Å². The molecule has 1 fully saturated rings. The van der Waals surface area contributed by atoms with Crippen LogP contribution in [-0.4, -0.2) is 42.9 Å². The molecule has 0 aromatic heterocycles. The minimum Gasteiger partial charge on any atom is -0.481 e. The van der Waals surface area contributed by atoms with Crippen LogP contribution in [-0.2, 0) is 24.4 Å². The number of piperidine rings is 1. The Balaban J connectivity index is 2.12. The van der Waals surface area contributed by atoms with Crippen molar-refractivity contribution in [1.82, 2.24) is 4.31 Å². The molecule has 1 aliphatic rings. The maximum absolute atomic E-state index is 12.6. The van der Waals surface area contributed by atoms with Crippen molar-refractivity contribution in [2.24, 2.45) is 5.92 Å². The highest BCUT2D eigenvalue weighted by atomic mass is 32.2. The predicted molar refractivity (Wildman–Crippen MR) is 80.9 cm³/mol. The first-order valence-electron chi connectivity index (χ1n) is 7.07. The lowest BCUT2D eigenvalue weighted by Gasteiger charge is -2.29. The topological polar surface area (TPSA) is 113 Å². The molecule has 1 saturated heterocycles. The number of rotatable bonds is 5. The fourth-order valence-electron chi connectivity index (χ4n) is 2.34. The Bertz CT molecular complexity index is 686. The third kappa shape index (κ3) is 4.20. The number of hydrogen-bond donors (Lipinski definition) is 2. The van der Waals surface area contributed by atoms with E-state index in [1.165, 1.54) is 35.5 Å². The molecular weight excluding hydrogens is 324 g/mol. The van der Waals surface area contributed by atoms with Crippen LogP contribution in [0.1, 0.15) is 19.8 Å². The summed E-state index contributed by atoms with van der Waals surface area (Å²) in [4.78, 5) is 26.4. The van der Waals surface area contributed by atoms with Crippen molar-refractivity contribution in [2.75, 3.05) is 18.6 Å². The highest BCUT2D eigenvalue weighted by Gasteiger charge is 2.33. The molecule has 8 nitrogen and oxygen atoms in total. The number of nitrogens with zero attached hydrogens (tertiary/aromatic N) is 1.